The highest BCUT2D eigenvalue weighted by atomic mass is 19.4. The topological polar surface area (TPSA) is 231 Å². The third-order valence-corrected chi connectivity index (χ3v) is 6.56. The Morgan fingerprint density at radius 3 is 0.979 bits per heavy atom. The van der Waals surface area contributed by atoms with Gasteiger partial charge < -0.3 is 21.3 Å². The first kappa shape index (κ1) is 40.8. The minimum Gasteiger partial charge on any atom is -0.393 e. The number of nitrogens with zero attached hydrogens (tertiary/aromatic N) is 6. The molecule has 0 bridgehead atoms. The normalized spacial score (nSPS) is 11.4. The molecule has 0 aromatic heterocycles. The van der Waals surface area contributed by atoms with E-state index in [0.29, 0.717) is 25.7 Å². The Morgan fingerprint density at radius 1 is 0.562 bits per heavy atom. The number of nitro benzene ring substituents is 4. The van der Waals surface area contributed by atoms with Crippen LogP contribution < -0.4 is 21.3 Å². The number of rotatable bonds is 14. The Hall–Kier alpha value is -5.18. The first-order valence-corrected chi connectivity index (χ1v) is 14.3. The first-order valence-electron chi connectivity index (χ1n) is 14.3. The Kier molecular flexibility index (Phi) is 14.1. The number of alkyl halides is 6. The summed E-state index contributed by atoms with van der Waals surface area (Å²) in [7, 11) is 0. The van der Waals surface area contributed by atoms with Crippen molar-refractivity contribution in [3.05, 3.63) is 63.7 Å². The molecule has 0 fully saturated rings. The Balaban J connectivity index is 0.000000480. The summed E-state index contributed by atoms with van der Waals surface area (Å²) in [6, 6.07) is 0.520. The van der Waals surface area contributed by atoms with Gasteiger partial charge in [-0.2, -0.15) is 26.3 Å². The van der Waals surface area contributed by atoms with E-state index in [2.05, 4.69) is 0 Å². The van der Waals surface area contributed by atoms with Crippen molar-refractivity contribution in [3.63, 3.8) is 0 Å². The van der Waals surface area contributed by atoms with Crippen molar-refractivity contribution in [2.24, 2.45) is 0 Å². The van der Waals surface area contributed by atoms with Crippen LogP contribution in [-0.4, -0.2) is 45.9 Å². The molecule has 16 nitrogen and oxygen atoms in total. The molecule has 0 unspecified atom stereocenters. The average molecular weight is 701 g/mol. The van der Waals surface area contributed by atoms with E-state index in [9.17, 15) is 66.8 Å². The van der Waals surface area contributed by atoms with Gasteiger partial charge in [-0.05, 0) is 25.7 Å². The number of hydrogen-bond acceptors (Lipinski definition) is 12. The predicted octanol–water partition coefficient (Wildman–Crippen LogP) is 7.46. The summed E-state index contributed by atoms with van der Waals surface area (Å²) < 4.78 is 78.2. The third-order valence-electron chi connectivity index (χ3n) is 6.56. The van der Waals surface area contributed by atoms with E-state index in [0.717, 1.165) is 0 Å². The summed E-state index contributed by atoms with van der Waals surface area (Å²) in [5.41, 5.74) is 0.202. The Labute approximate surface area is 268 Å². The van der Waals surface area contributed by atoms with Crippen LogP contribution in [0.4, 0.5) is 71.8 Å². The molecule has 2 rings (SSSR count). The van der Waals surface area contributed by atoms with E-state index < -0.39 is 88.7 Å². The second kappa shape index (κ2) is 16.6. The number of benzene rings is 2. The van der Waals surface area contributed by atoms with Crippen molar-refractivity contribution in [2.75, 3.05) is 47.4 Å². The number of hydrogen-bond donors (Lipinski definition) is 2. The summed E-state index contributed by atoms with van der Waals surface area (Å²) in [5.74, 6) is 0. The van der Waals surface area contributed by atoms with Crippen LogP contribution in [0.25, 0.3) is 0 Å². The van der Waals surface area contributed by atoms with Gasteiger partial charge in [0.05, 0.1) is 30.8 Å². The van der Waals surface area contributed by atoms with Gasteiger partial charge >= 0.3 is 23.7 Å². The molecule has 48 heavy (non-hydrogen) atoms. The third kappa shape index (κ3) is 9.44. The van der Waals surface area contributed by atoms with Gasteiger partial charge in [-0.15, -0.1) is 0 Å². The fourth-order valence-corrected chi connectivity index (χ4v) is 4.81. The monoisotopic (exact) mass is 700 g/mol. The molecule has 0 heterocycles. The van der Waals surface area contributed by atoms with Gasteiger partial charge in [-0.3, -0.25) is 40.5 Å². The lowest BCUT2D eigenvalue weighted by Gasteiger charge is -2.24. The zero-order chi connectivity index (χ0) is 37.3. The van der Waals surface area contributed by atoms with Crippen molar-refractivity contribution in [1.29, 1.82) is 0 Å². The summed E-state index contributed by atoms with van der Waals surface area (Å²) >= 11 is 0. The van der Waals surface area contributed by atoms with Crippen molar-refractivity contribution in [1.82, 2.24) is 0 Å². The summed E-state index contributed by atoms with van der Waals surface area (Å²) in [4.78, 5) is 43.5. The van der Waals surface area contributed by atoms with E-state index in [1.807, 2.05) is 0 Å². The molecule has 0 amide bonds. The van der Waals surface area contributed by atoms with Crippen LogP contribution in [0.2, 0.25) is 0 Å². The maximum absolute atomic E-state index is 13.0. The molecule has 22 heteroatoms. The number of halogens is 6. The number of anilines is 4. The molecule has 2 aromatic rings. The van der Waals surface area contributed by atoms with E-state index in [4.69, 9.17) is 11.5 Å². The lowest BCUT2D eigenvalue weighted by atomic mass is 10.1. The molecule has 0 spiro atoms. The SMILES string of the molecule is CCCN(CCC)c1c([N+](=O)[O-])cc(C(F)(F)F)c(N)c1[N+](=O)[O-].CCCN(CCC)c1c([N+](=O)[O-])cc(C(F)(F)F)c(N)c1[N+](=O)[O-]. The van der Waals surface area contributed by atoms with Crippen LogP contribution in [0.5, 0.6) is 0 Å². The molecule has 0 aliphatic heterocycles. The predicted molar refractivity (Wildman–Crippen MR) is 164 cm³/mol. The van der Waals surface area contributed by atoms with Crippen molar-refractivity contribution >= 4 is 45.5 Å². The second-order valence-electron chi connectivity index (χ2n) is 10.1. The molecule has 0 saturated carbocycles. The van der Waals surface area contributed by atoms with Crippen molar-refractivity contribution in [3.8, 4) is 0 Å². The summed E-state index contributed by atoms with van der Waals surface area (Å²) in [6.07, 6.45) is -8.11. The summed E-state index contributed by atoms with van der Waals surface area (Å²) in [6.45, 7) is 7.81. The van der Waals surface area contributed by atoms with Gasteiger partial charge in [0.15, 0.2) is 11.4 Å². The molecule has 4 N–H and O–H groups in total. The van der Waals surface area contributed by atoms with E-state index in [1.54, 1.807) is 27.7 Å². The zero-order valence-electron chi connectivity index (χ0n) is 26.2. The van der Waals surface area contributed by atoms with Gasteiger partial charge in [0, 0.05) is 38.3 Å². The minimum absolute atomic E-state index is 0.209. The van der Waals surface area contributed by atoms with Gasteiger partial charge in [-0.1, -0.05) is 27.7 Å². The molecule has 268 valence electrons. The number of nitro groups is 4. The molecular formula is C26H34F6N8O8. The molecule has 0 aliphatic carbocycles. The smallest absolute Gasteiger partial charge is 0.393 e. The lowest BCUT2D eigenvalue weighted by molar-refractivity contribution is -0.392. The average Bonchev–Trinajstić information content (AvgIpc) is 2.94. The molecule has 2 aromatic carbocycles. The van der Waals surface area contributed by atoms with Crippen LogP contribution >= 0.6 is 0 Å². The summed E-state index contributed by atoms with van der Waals surface area (Å²) in [5, 5.41) is 45.1. The van der Waals surface area contributed by atoms with Crippen LogP contribution in [0.15, 0.2) is 12.1 Å². The van der Waals surface area contributed by atoms with Crippen molar-refractivity contribution < 1.29 is 46.0 Å². The molecule has 0 atom stereocenters. The highest BCUT2D eigenvalue weighted by Crippen LogP contribution is 2.49. The minimum atomic E-state index is -5.04. The van der Waals surface area contributed by atoms with Crippen LogP contribution in [-0.2, 0) is 12.4 Å². The number of nitrogens with two attached hydrogens (primary N) is 2. The molecule has 0 aliphatic rings. The molecule has 0 radical (unpaired) electrons. The fraction of sp³-hybridized carbons (Fsp3) is 0.538. The van der Waals surface area contributed by atoms with E-state index >= 15 is 0 Å². The zero-order valence-corrected chi connectivity index (χ0v) is 26.2. The first-order chi connectivity index (χ1) is 22.1. The largest absolute Gasteiger partial charge is 0.418 e. The van der Waals surface area contributed by atoms with Crippen molar-refractivity contribution in [2.45, 2.75) is 65.7 Å². The van der Waals surface area contributed by atoms with Crippen LogP contribution in [0.1, 0.15) is 64.5 Å². The maximum Gasteiger partial charge on any atom is 0.418 e. The van der Waals surface area contributed by atoms with Gasteiger partial charge in [0.25, 0.3) is 11.4 Å². The number of nitrogen functional groups attached to an aromatic ring is 2. The second-order valence-corrected chi connectivity index (χ2v) is 10.1. The molecular weight excluding hydrogens is 666 g/mol. The van der Waals surface area contributed by atoms with Gasteiger partial charge in [-0.25, -0.2) is 0 Å². The standard InChI is InChI=1S/2C13H17F3N4O4/c2*1-3-5-18(6-4-2)11-9(19(21)22)7-8(13(14,15)16)10(17)12(11)20(23)24/h2*7H,3-6,17H2,1-2H3. The lowest BCUT2D eigenvalue weighted by Crippen LogP contribution is -2.27. The van der Waals surface area contributed by atoms with Gasteiger partial charge in [0.1, 0.15) is 11.4 Å². The highest BCUT2D eigenvalue weighted by Gasteiger charge is 2.44. The Morgan fingerprint density at radius 2 is 0.812 bits per heavy atom. The fourth-order valence-electron chi connectivity index (χ4n) is 4.81. The maximum atomic E-state index is 13.0. The van der Waals surface area contributed by atoms with Gasteiger partial charge in [0.2, 0.25) is 0 Å². The van der Waals surface area contributed by atoms with E-state index in [-0.39, 0.29) is 38.3 Å². The molecule has 0 saturated heterocycles. The van der Waals surface area contributed by atoms with Crippen LogP contribution in [0.3, 0.4) is 0 Å². The Bertz CT molecular complexity index is 1400. The van der Waals surface area contributed by atoms with Crippen LogP contribution in [0, 0.1) is 40.5 Å². The van der Waals surface area contributed by atoms with E-state index in [1.165, 1.54) is 9.80 Å². The quantitative estimate of drug-likeness (QED) is 0.0846. The highest BCUT2D eigenvalue weighted by molar-refractivity contribution is 5.87.